The molecule has 1 aliphatic heterocycles. The van der Waals surface area contributed by atoms with Gasteiger partial charge in [-0.25, -0.2) is 0 Å². The summed E-state index contributed by atoms with van der Waals surface area (Å²) in [5.74, 6) is 0.751. The Hall–Kier alpha value is -2.92. The molecule has 3 aromatic rings. The summed E-state index contributed by atoms with van der Waals surface area (Å²) in [6.45, 7) is 5.64. The van der Waals surface area contributed by atoms with Crippen LogP contribution in [0.2, 0.25) is 0 Å². The number of piperazine rings is 1. The number of aromatic nitrogens is 2. The average molecular weight is 420 g/mol. The van der Waals surface area contributed by atoms with Crippen LogP contribution in [0.15, 0.2) is 48.8 Å². The zero-order chi connectivity index (χ0) is 21.5. The normalized spacial score (nSPS) is 16.3. The Morgan fingerprint density at radius 2 is 1.94 bits per heavy atom. The predicted octanol–water partition coefficient (Wildman–Crippen LogP) is 2.89. The molecule has 0 bridgehead atoms. The number of aliphatic hydroxyl groups is 1. The lowest BCUT2D eigenvalue weighted by Crippen LogP contribution is -2.49. The van der Waals surface area contributed by atoms with Gasteiger partial charge in [0.2, 0.25) is 0 Å². The molecule has 2 aromatic carbocycles. The van der Waals surface area contributed by atoms with E-state index in [-0.39, 0.29) is 6.61 Å². The molecular weight excluding hydrogens is 390 g/mol. The maximum atomic E-state index is 10.6. The minimum Gasteiger partial charge on any atom is -0.490 e. The molecule has 162 valence electrons. The first-order valence-electron chi connectivity index (χ1n) is 10.9. The summed E-state index contributed by atoms with van der Waals surface area (Å²) in [5, 5.41) is 28.5. The van der Waals surface area contributed by atoms with E-state index in [0.29, 0.717) is 13.0 Å². The van der Waals surface area contributed by atoms with Gasteiger partial charge in [0.1, 0.15) is 18.5 Å². The summed E-state index contributed by atoms with van der Waals surface area (Å²) >= 11 is 0. The van der Waals surface area contributed by atoms with Crippen molar-refractivity contribution in [3.63, 3.8) is 0 Å². The summed E-state index contributed by atoms with van der Waals surface area (Å²) < 4.78 is 6.10. The topological polar surface area (TPSA) is 88.4 Å². The highest BCUT2D eigenvalue weighted by molar-refractivity contribution is 5.99. The zero-order valence-electron chi connectivity index (χ0n) is 17.7. The largest absolute Gasteiger partial charge is 0.490 e. The molecule has 1 aliphatic rings. The second kappa shape index (κ2) is 10.4. The number of ether oxygens (including phenoxy) is 1. The standard InChI is InChI=1S/C24H29N5O2/c25-9-3-4-10-28-11-13-29(14-12-28)17-21(30)18-31-23-8-7-19-5-1-2-6-22(19)24(23)20-15-26-27-16-20/h1-2,5-8,15-16,21,30H,3-4,10-14,17-18H2,(H,26,27). The first-order valence-corrected chi connectivity index (χ1v) is 10.9. The maximum absolute atomic E-state index is 10.6. The smallest absolute Gasteiger partial charge is 0.128 e. The van der Waals surface area contributed by atoms with Crippen LogP contribution in [-0.4, -0.2) is 77.1 Å². The molecule has 2 N–H and O–H groups in total. The van der Waals surface area contributed by atoms with Crippen LogP contribution in [0.3, 0.4) is 0 Å². The summed E-state index contributed by atoms with van der Waals surface area (Å²) in [6, 6.07) is 14.4. The molecule has 1 atom stereocenters. The average Bonchev–Trinajstić information content (AvgIpc) is 3.33. The lowest BCUT2D eigenvalue weighted by atomic mass is 9.99. The summed E-state index contributed by atoms with van der Waals surface area (Å²) in [5.41, 5.74) is 1.96. The summed E-state index contributed by atoms with van der Waals surface area (Å²) in [7, 11) is 0. The number of rotatable bonds is 9. The molecule has 0 spiro atoms. The fourth-order valence-corrected chi connectivity index (χ4v) is 4.17. The number of nitrogens with one attached hydrogen (secondary N) is 1. The van der Waals surface area contributed by atoms with Gasteiger partial charge < -0.3 is 14.7 Å². The molecule has 2 heterocycles. The molecule has 1 fully saturated rings. The van der Waals surface area contributed by atoms with Crippen molar-refractivity contribution in [2.45, 2.75) is 18.9 Å². The Morgan fingerprint density at radius 3 is 2.71 bits per heavy atom. The van der Waals surface area contributed by atoms with E-state index in [0.717, 1.165) is 66.8 Å². The molecule has 0 amide bonds. The number of β-amino-alcohol motifs (C(OH)–C–C–N with tert-alkyl or cyclic N) is 1. The molecule has 4 rings (SSSR count). The first kappa shape index (κ1) is 21.3. The molecule has 0 aliphatic carbocycles. The molecule has 1 saturated heterocycles. The van der Waals surface area contributed by atoms with Crippen LogP contribution in [0.1, 0.15) is 12.8 Å². The van der Waals surface area contributed by atoms with Gasteiger partial charge in [-0.15, -0.1) is 0 Å². The number of hydrogen-bond donors (Lipinski definition) is 2. The number of benzene rings is 2. The number of nitrogens with zero attached hydrogens (tertiary/aromatic N) is 4. The van der Waals surface area contributed by atoms with Crippen LogP contribution in [-0.2, 0) is 0 Å². The van der Waals surface area contributed by atoms with Gasteiger partial charge in [0.15, 0.2) is 0 Å². The van der Waals surface area contributed by atoms with E-state index in [2.05, 4.69) is 38.2 Å². The summed E-state index contributed by atoms with van der Waals surface area (Å²) in [4.78, 5) is 4.68. The Morgan fingerprint density at radius 1 is 1.13 bits per heavy atom. The lowest BCUT2D eigenvalue weighted by molar-refractivity contribution is 0.0461. The van der Waals surface area contributed by atoms with Gasteiger partial charge in [-0.1, -0.05) is 30.3 Å². The van der Waals surface area contributed by atoms with Gasteiger partial charge in [0, 0.05) is 56.5 Å². The molecule has 7 heteroatoms. The van der Waals surface area contributed by atoms with Crippen LogP contribution in [0, 0.1) is 11.3 Å². The number of hydrogen-bond acceptors (Lipinski definition) is 6. The third-order valence-corrected chi connectivity index (χ3v) is 5.81. The maximum Gasteiger partial charge on any atom is 0.128 e. The van der Waals surface area contributed by atoms with Crippen LogP contribution in [0.5, 0.6) is 5.75 Å². The van der Waals surface area contributed by atoms with E-state index in [9.17, 15) is 5.11 Å². The third-order valence-electron chi connectivity index (χ3n) is 5.81. The van der Waals surface area contributed by atoms with Crippen molar-refractivity contribution in [2.75, 3.05) is 45.9 Å². The van der Waals surface area contributed by atoms with E-state index in [1.807, 2.05) is 30.5 Å². The zero-order valence-corrected chi connectivity index (χ0v) is 17.7. The Kier molecular flexibility index (Phi) is 7.15. The lowest BCUT2D eigenvalue weighted by Gasteiger charge is -2.35. The molecular formula is C24H29N5O2. The molecule has 31 heavy (non-hydrogen) atoms. The van der Waals surface area contributed by atoms with Gasteiger partial charge >= 0.3 is 0 Å². The molecule has 0 radical (unpaired) electrons. The van der Waals surface area contributed by atoms with E-state index in [1.54, 1.807) is 6.20 Å². The van der Waals surface area contributed by atoms with Crippen molar-refractivity contribution in [2.24, 2.45) is 0 Å². The van der Waals surface area contributed by atoms with Crippen LogP contribution < -0.4 is 4.74 Å². The van der Waals surface area contributed by atoms with Gasteiger partial charge in [0.25, 0.3) is 0 Å². The van der Waals surface area contributed by atoms with Gasteiger partial charge in [-0.2, -0.15) is 10.4 Å². The number of aromatic amines is 1. The number of H-pyrrole nitrogens is 1. The van der Waals surface area contributed by atoms with E-state index >= 15 is 0 Å². The quantitative estimate of drug-likeness (QED) is 0.519. The Balaban J connectivity index is 1.35. The second-order valence-corrected chi connectivity index (χ2v) is 8.02. The first-order chi connectivity index (χ1) is 15.2. The minimum atomic E-state index is -0.561. The second-order valence-electron chi connectivity index (χ2n) is 8.02. The Labute approximate surface area is 182 Å². The van der Waals surface area contributed by atoms with Crippen molar-refractivity contribution in [3.8, 4) is 22.9 Å². The highest BCUT2D eigenvalue weighted by Gasteiger charge is 2.20. The van der Waals surface area contributed by atoms with Gasteiger partial charge in [-0.3, -0.25) is 10.00 Å². The fourth-order valence-electron chi connectivity index (χ4n) is 4.17. The van der Waals surface area contributed by atoms with Crippen LogP contribution in [0.25, 0.3) is 21.9 Å². The van der Waals surface area contributed by atoms with Crippen LogP contribution >= 0.6 is 0 Å². The fraction of sp³-hybridized carbons (Fsp3) is 0.417. The van der Waals surface area contributed by atoms with Gasteiger partial charge in [-0.05, 0) is 29.8 Å². The SMILES string of the molecule is N#CCCCN1CCN(CC(O)COc2ccc3ccccc3c2-c2cn[nH]c2)CC1. The number of aliphatic hydroxyl groups excluding tert-OH is 1. The predicted molar refractivity (Wildman–Crippen MR) is 121 cm³/mol. The highest BCUT2D eigenvalue weighted by Crippen LogP contribution is 2.36. The van der Waals surface area contributed by atoms with Crippen LogP contribution in [0.4, 0.5) is 0 Å². The van der Waals surface area contributed by atoms with Crippen molar-refractivity contribution in [1.29, 1.82) is 5.26 Å². The van der Waals surface area contributed by atoms with Gasteiger partial charge in [0.05, 0.1) is 12.3 Å². The molecule has 7 nitrogen and oxygen atoms in total. The summed E-state index contributed by atoms with van der Waals surface area (Å²) in [6.07, 6.45) is 4.64. The van der Waals surface area contributed by atoms with Crippen molar-refractivity contribution in [1.82, 2.24) is 20.0 Å². The number of fused-ring (bicyclic) bond motifs is 1. The number of nitriles is 1. The van der Waals surface area contributed by atoms with Crippen molar-refractivity contribution in [3.05, 3.63) is 48.8 Å². The van der Waals surface area contributed by atoms with Crippen molar-refractivity contribution < 1.29 is 9.84 Å². The van der Waals surface area contributed by atoms with Crippen molar-refractivity contribution >= 4 is 10.8 Å². The highest BCUT2D eigenvalue weighted by atomic mass is 16.5. The van der Waals surface area contributed by atoms with E-state index in [1.165, 1.54) is 0 Å². The molecule has 1 unspecified atom stereocenters. The Bertz CT molecular complexity index is 1010. The monoisotopic (exact) mass is 419 g/mol. The van der Waals surface area contributed by atoms with E-state index in [4.69, 9.17) is 10.00 Å². The molecule has 0 saturated carbocycles. The van der Waals surface area contributed by atoms with E-state index < -0.39 is 6.10 Å². The number of unbranched alkanes of at least 4 members (excludes halogenated alkanes) is 1. The minimum absolute atomic E-state index is 0.242. The third kappa shape index (κ3) is 5.42. The molecule has 1 aromatic heterocycles.